The summed E-state index contributed by atoms with van der Waals surface area (Å²) >= 11 is 1.33. The van der Waals surface area contributed by atoms with Crippen LogP contribution in [0.15, 0.2) is 26.1 Å². The van der Waals surface area contributed by atoms with E-state index < -0.39 is 16.0 Å². The van der Waals surface area contributed by atoms with Gasteiger partial charge in [0.1, 0.15) is 22.0 Å². The van der Waals surface area contributed by atoms with Crippen LogP contribution in [0.3, 0.4) is 0 Å². The second-order valence-corrected chi connectivity index (χ2v) is 6.24. The fourth-order valence-electron chi connectivity index (χ4n) is 1.76. The number of thiophene rings is 1. The van der Waals surface area contributed by atoms with Crippen LogP contribution in [0, 0.1) is 13.8 Å². The Hall–Kier alpha value is -1.80. The topological polar surface area (TPSA) is 96.6 Å². The number of furan rings is 1. The molecule has 2 aromatic heterocycles. The van der Waals surface area contributed by atoms with Crippen LogP contribution in [0.1, 0.15) is 21.9 Å². The molecule has 0 aliphatic carbocycles. The lowest BCUT2D eigenvalue weighted by Crippen LogP contribution is -2.16. The number of aromatic carboxylic acids is 1. The van der Waals surface area contributed by atoms with E-state index >= 15 is 0 Å². The first-order valence-electron chi connectivity index (χ1n) is 5.21. The second-order valence-electron chi connectivity index (χ2n) is 3.84. The van der Waals surface area contributed by atoms with Gasteiger partial charge < -0.3 is 9.52 Å². The van der Waals surface area contributed by atoms with Crippen molar-refractivity contribution in [2.45, 2.75) is 18.7 Å². The number of carboxylic acids is 1. The summed E-state index contributed by atoms with van der Waals surface area (Å²) in [5.74, 6) is -1.21. The maximum atomic E-state index is 12.2. The molecule has 0 unspecified atom stereocenters. The summed E-state index contributed by atoms with van der Waals surface area (Å²) in [5.41, 5.74) is 0.0554. The van der Waals surface area contributed by atoms with Crippen molar-refractivity contribution in [1.29, 1.82) is 0 Å². The van der Waals surface area contributed by atoms with Crippen molar-refractivity contribution in [3.8, 4) is 0 Å². The van der Waals surface area contributed by atoms with Crippen LogP contribution in [-0.2, 0) is 10.0 Å². The van der Waals surface area contributed by atoms with Gasteiger partial charge in [-0.2, -0.15) is 11.3 Å². The number of carbonyl (C=O) groups is 1. The van der Waals surface area contributed by atoms with Gasteiger partial charge >= 0.3 is 5.97 Å². The molecule has 2 rings (SSSR count). The van der Waals surface area contributed by atoms with Gasteiger partial charge in [0.2, 0.25) is 0 Å². The molecule has 0 spiro atoms. The highest BCUT2D eigenvalue weighted by molar-refractivity contribution is 7.92. The zero-order valence-corrected chi connectivity index (χ0v) is 11.8. The van der Waals surface area contributed by atoms with Crippen molar-refractivity contribution >= 4 is 33.0 Å². The van der Waals surface area contributed by atoms with Gasteiger partial charge in [-0.15, -0.1) is 0 Å². The average molecular weight is 301 g/mol. The van der Waals surface area contributed by atoms with E-state index in [1.807, 2.05) is 0 Å². The van der Waals surface area contributed by atoms with Crippen molar-refractivity contribution in [3.05, 3.63) is 33.9 Å². The molecule has 0 atom stereocenters. The predicted molar refractivity (Wildman–Crippen MR) is 70.3 cm³/mol. The van der Waals surface area contributed by atoms with E-state index in [9.17, 15) is 13.2 Å². The average Bonchev–Trinajstić information content (AvgIpc) is 2.85. The molecule has 6 nitrogen and oxygen atoms in total. The Kier molecular flexibility index (Phi) is 3.38. The number of hydrogen-bond donors (Lipinski definition) is 2. The lowest BCUT2D eigenvalue weighted by Gasteiger charge is -2.06. The third kappa shape index (κ3) is 2.49. The molecule has 2 heterocycles. The largest absolute Gasteiger partial charge is 0.478 e. The van der Waals surface area contributed by atoms with Crippen LogP contribution < -0.4 is 4.72 Å². The summed E-state index contributed by atoms with van der Waals surface area (Å²) in [6.07, 6.45) is 0. The summed E-state index contributed by atoms with van der Waals surface area (Å²) in [6, 6.07) is 1.59. The van der Waals surface area contributed by atoms with Gasteiger partial charge in [0.15, 0.2) is 0 Å². The maximum absolute atomic E-state index is 12.2. The van der Waals surface area contributed by atoms with Gasteiger partial charge in [-0.3, -0.25) is 4.72 Å². The molecule has 0 saturated heterocycles. The number of nitrogens with one attached hydrogen (secondary N) is 1. The lowest BCUT2D eigenvalue weighted by molar-refractivity contribution is 0.0691. The molecule has 0 bridgehead atoms. The highest BCUT2D eigenvalue weighted by atomic mass is 32.2. The van der Waals surface area contributed by atoms with Crippen LogP contribution in [0.25, 0.3) is 0 Å². The fourth-order valence-corrected chi connectivity index (χ4v) is 3.88. The van der Waals surface area contributed by atoms with Gasteiger partial charge in [0.05, 0.1) is 5.69 Å². The van der Waals surface area contributed by atoms with Crippen LogP contribution in [0.5, 0.6) is 0 Å². The summed E-state index contributed by atoms with van der Waals surface area (Å²) in [7, 11) is -3.99. The molecule has 0 fully saturated rings. The number of anilines is 1. The summed E-state index contributed by atoms with van der Waals surface area (Å²) in [6.45, 7) is 2.84. The minimum absolute atomic E-state index is 0.0534. The lowest BCUT2D eigenvalue weighted by atomic mass is 10.2. The third-order valence-electron chi connectivity index (χ3n) is 2.46. The van der Waals surface area contributed by atoms with Gasteiger partial charge in [-0.25, -0.2) is 13.2 Å². The molecule has 19 heavy (non-hydrogen) atoms. The van der Waals surface area contributed by atoms with Crippen molar-refractivity contribution < 1.29 is 22.7 Å². The Labute approximate surface area is 113 Å². The first-order valence-corrected chi connectivity index (χ1v) is 7.64. The van der Waals surface area contributed by atoms with E-state index in [0.717, 1.165) is 0 Å². The molecule has 0 aliphatic heterocycles. The predicted octanol–water partition coefficient (Wildman–Crippen LogP) is 2.46. The Morgan fingerprint density at radius 3 is 2.58 bits per heavy atom. The van der Waals surface area contributed by atoms with E-state index in [0.29, 0.717) is 5.69 Å². The van der Waals surface area contributed by atoms with Crippen LogP contribution in [0.4, 0.5) is 5.69 Å². The minimum atomic E-state index is -3.99. The quantitative estimate of drug-likeness (QED) is 0.904. The highest BCUT2D eigenvalue weighted by Crippen LogP contribution is 2.28. The normalized spacial score (nSPS) is 11.5. The van der Waals surface area contributed by atoms with Crippen molar-refractivity contribution in [2.24, 2.45) is 0 Å². The fraction of sp³-hybridized carbons (Fsp3) is 0.182. The second kappa shape index (κ2) is 4.71. The standard InChI is InChI=1S/C11H11NO5S2/c1-6-9(11(13)14)10(7(2)17-6)19(15,16)12-8-3-4-18-5-8/h3-5,12H,1-2H3,(H,13,14). The Morgan fingerprint density at radius 1 is 1.37 bits per heavy atom. The van der Waals surface area contributed by atoms with E-state index in [4.69, 9.17) is 9.52 Å². The Bertz CT molecular complexity index is 713. The maximum Gasteiger partial charge on any atom is 0.340 e. The first-order chi connectivity index (χ1) is 8.83. The zero-order valence-electron chi connectivity index (χ0n) is 10.1. The van der Waals surface area contributed by atoms with Gasteiger partial charge in [0, 0.05) is 5.38 Å². The van der Waals surface area contributed by atoms with Crippen molar-refractivity contribution in [1.82, 2.24) is 0 Å². The summed E-state index contributed by atoms with van der Waals surface area (Å²) in [4.78, 5) is 10.8. The zero-order chi connectivity index (χ0) is 14.2. The monoisotopic (exact) mass is 301 g/mol. The van der Waals surface area contributed by atoms with Crippen molar-refractivity contribution in [2.75, 3.05) is 4.72 Å². The van der Waals surface area contributed by atoms with E-state index in [2.05, 4.69) is 4.72 Å². The van der Waals surface area contributed by atoms with Gasteiger partial charge in [0.25, 0.3) is 10.0 Å². The summed E-state index contributed by atoms with van der Waals surface area (Å²) < 4.78 is 31.9. The number of carboxylic acid groups (broad SMARTS) is 1. The molecule has 0 amide bonds. The number of sulfonamides is 1. The molecule has 0 aromatic carbocycles. The molecule has 102 valence electrons. The van der Waals surface area contributed by atoms with Gasteiger partial charge in [-0.1, -0.05) is 0 Å². The molecule has 0 saturated carbocycles. The van der Waals surface area contributed by atoms with Crippen LogP contribution in [0.2, 0.25) is 0 Å². The third-order valence-corrected chi connectivity index (χ3v) is 4.68. The number of hydrogen-bond acceptors (Lipinski definition) is 5. The highest BCUT2D eigenvalue weighted by Gasteiger charge is 2.30. The number of aryl methyl sites for hydroxylation is 2. The van der Waals surface area contributed by atoms with E-state index in [1.54, 1.807) is 16.8 Å². The van der Waals surface area contributed by atoms with Gasteiger partial charge in [-0.05, 0) is 25.3 Å². The minimum Gasteiger partial charge on any atom is -0.478 e. The molecular weight excluding hydrogens is 290 g/mol. The molecule has 0 radical (unpaired) electrons. The van der Waals surface area contributed by atoms with Crippen LogP contribution in [-0.4, -0.2) is 19.5 Å². The van der Waals surface area contributed by atoms with Crippen LogP contribution >= 0.6 is 11.3 Å². The smallest absolute Gasteiger partial charge is 0.340 e. The molecule has 2 N–H and O–H groups in total. The SMILES string of the molecule is Cc1oc(C)c(S(=O)(=O)Nc2ccsc2)c1C(=O)O. The van der Waals surface area contributed by atoms with E-state index in [-0.39, 0.29) is 22.0 Å². The Balaban J connectivity index is 2.55. The molecule has 8 heteroatoms. The molecule has 0 aliphatic rings. The molecule has 2 aromatic rings. The first kappa shape index (κ1) is 13.6. The summed E-state index contributed by atoms with van der Waals surface area (Å²) in [5, 5.41) is 12.4. The molecular formula is C11H11NO5S2. The van der Waals surface area contributed by atoms with E-state index in [1.165, 1.54) is 25.2 Å². The van der Waals surface area contributed by atoms with Crippen molar-refractivity contribution in [3.63, 3.8) is 0 Å². The number of rotatable bonds is 4. The Morgan fingerprint density at radius 2 is 2.05 bits per heavy atom.